The molecule has 1 aromatic rings. The zero-order valence-corrected chi connectivity index (χ0v) is 16.0. The molecule has 3 unspecified atom stereocenters. The lowest BCUT2D eigenvalue weighted by Crippen LogP contribution is -2.38. The van der Waals surface area contributed by atoms with Crippen LogP contribution in [0.3, 0.4) is 0 Å². The van der Waals surface area contributed by atoms with Crippen molar-refractivity contribution in [2.24, 2.45) is 22.7 Å². The highest BCUT2D eigenvalue weighted by molar-refractivity contribution is 5.92. The summed E-state index contributed by atoms with van der Waals surface area (Å²) in [6.45, 7) is 6.57. The Labute approximate surface area is 157 Å². The normalized spacial score (nSPS) is 24.5. The predicted molar refractivity (Wildman–Crippen MR) is 107 cm³/mol. The molecule has 0 saturated heterocycles. The van der Waals surface area contributed by atoms with Gasteiger partial charge in [0, 0.05) is 37.2 Å². The molecule has 0 spiro atoms. The molecule has 4 nitrogen and oxygen atoms in total. The van der Waals surface area contributed by atoms with E-state index < -0.39 is 0 Å². The van der Waals surface area contributed by atoms with Gasteiger partial charge in [-0.05, 0) is 44.1 Å². The van der Waals surface area contributed by atoms with Gasteiger partial charge in [0.05, 0.1) is 0 Å². The number of benzene rings is 1. The zero-order chi connectivity index (χ0) is 18.4. The Morgan fingerprint density at radius 3 is 2.77 bits per heavy atom. The Hall–Kier alpha value is -2.10. The van der Waals surface area contributed by atoms with Crippen molar-refractivity contribution in [2.45, 2.75) is 46.1 Å². The highest BCUT2D eigenvalue weighted by Crippen LogP contribution is 2.34. The Morgan fingerprint density at radius 2 is 2.00 bits per heavy atom. The number of urea groups is 1. The largest absolute Gasteiger partial charge is 0.338 e. The van der Waals surface area contributed by atoms with E-state index in [1.54, 1.807) is 0 Å². The lowest BCUT2D eigenvalue weighted by molar-refractivity contribution is 0.239. The molecule has 140 valence electrons. The molecule has 3 atom stereocenters. The summed E-state index contributed by atoms with van der Waals surface area (Å²) in [5.41, 5.74) is 3.76. The number of amides is 2. The molecule has 0 radical (unpaired) electrons. The highest BCUT2D eigenvalue weighted by Gasteiger charge is 2.32. The molecule has 1 heterocycles. The van der Waals surface area contributed by atoms with Crippen LogP contribution in [0.25, 0.3) is 0 Å². The van der Waals surface area contributed by atoms with Crippen LogP contribution in [-0.4, -0.2) is 24.8 Å². The van der Waals surface area contributed by atoms with Gasteiger partial charge in [0.25, 0.3) is 0 Å². The number of carbonyl (C=O) groups excluding carboxylic acids is 1. The van der Waals surface area contributed by atoms with Gasteiger partial charge in [-0.15, -0.1) is 0 Å². The monoisotopic (exact) mass is 353 g/mol. The summed E-state index contributed by atoms with van der Waals surface area (Å²) in [5.74, 6) is 1.60. The van der Waals surface area contributed by atoms with E-state index in [4.69, 9.17) is 4.99 Å². The molecular formula is C22H31N3O. The average molecular weight is 354 g/mol. The fourth-order valence-electron chi connectivity index (χ4n) is 4.11. The first-order valence-corrected chi connectivity index (χ1v) is 9.97. The maximum absolute atomic E-state index is 12.0. The van der Waals surface area contributed by atoms with Gasteiger partial charge in [0.1, 0.15) is 0 Å². The molecule has 1 aliphatic carbocycles. The van der Waals surface area contributed by atoms with Crippen LogP contribution in [0.5, 0.6) is 0 Å². The summed E-state index contributed by atoms with van der Waals surface area (Å²) >= 11 is 0. The molecule has 4 heteroatoms. The van der Waals surface area contributed by atoms with Crippen molar-refractivity contribution < 1.29 is 4.79 Å². The van der Waals surface area contributed by atoms with Gasteiger partial charge in [0.15, 0.2) is 0 Å². The topological polar surface area (TPSA) is 53.5 Å². The molecule has 0 saturated carbocycles. The molecule has 2 N–H and O–H groups in total. The zero-order valence-electron chi connectivity index (χ0n) is 16.0. The van der Waals surface area contributed by atoms with Gasteiger partial charge in [-0.1, -0.05) is 48.9 Å². The first kappa shape index (κ1) is 18.7. The minimum Gasteiger partial charge on any atom is -0.338 e. The van der Waals surface area contributed by atoms with Crippen molar-refractivity contribution in [3.05, 3.63) is 47.5 Å². The van der Waals surface area contributed by atoms with E-state index in [2.05, 4.69) is 60.9 Å². The van der Waals surface area contributed by atoms with Gasteiger partial charge in [-0.2, -0.15) is 0 Å². The Kier molecular flexibility index (Phi) is 6.48. The molecule has 26 heavy (non-hydrogen) atoms. The van der Waals surface area contributed by atoms with E-state index in [0.29, 0.717) is 30.8 Å². The fraction of sp³-hybridized carbons (Fsp3) is 0.545. The van der Waals surface area contributed by atoms with Crippen LogP contribution >= 0.6 is 0 Å². The molecule has 3 rings (SSSR count). The minimum absolute atomic E-state index is 0.0914. The van der Waals surface area contributed by atoms with Gasteiger partial charge < -0.3 is 10.6 Å². The van der Waals surface area contributed by atoms with Crippen molar-refractivity contribution in [1.29, 1.82) is 0 Å². The number of aliphatic imine (C=N–C) groups is 1. The molecule has 1 aromatic carbocycles. The predicted octanol–water partition coefficient (Wildman–Crippen LogP) is 4.25. The number of fused-ring (bicyclic) bond motifs is 1. The van der Waals surface area contributed by atoms with Crippen LogP contribution in [0.1, 0.15) is 43.7 Å². The first-order chi connectivity index (χ1) is 12.7. The Morgan fingerprint density at radius 1 is 1.19 bits per heavy atom. The van der Waals surface area contributed by atoms with E-state index in [0.717, 1.165) is 24.9 Å². The summed E-state index contributed by atoms with van der Waals surface area (Å²) in [4.78, 5) is 16.9. The average Bonchev–Trinajstić information content (AvgIpc) is 2.67. The standard InChI is InChI=1S/C22H31N3O/c1-3-20-18(10-11-19-5-4-13-23-21(19)20)12-14-24-22(26)25-15-17-8-6-16(2)7-9-17/h6-11,18-20H,3-5,12-15H2,1-2H3,(H2,24,25,26). The van der Waals surface area contributed by atoms with Crippen LogP contribution < -0.4 is 10.6 Å². The third-order valence-electron chi connectivity index (χ3n) is 5.61. The molecule has 0 bridgehead atoms. The third kappa shape index (κ3) is 4.75. The highest BCUT2D eigenvalue weighted by atomic mass is 16.2. The molecule has 0 aromatic heterocycles. The molecule has 1 aliphatic heterocycles. The lowest BCUT2D eigenvalue weighted by atomic mass is 9.72. The second-order valence-corrected chi connectivity index (χ2v) is 7.50. The number of rotatable bonds is 6. The number of allylic oxidation sites excluding steroid dienone is 2. The molecule has 0 fully saturated rings. The van der Waals surface area contributed by atoms with Crippen LogP contribution in [-0.2, 0) is 6.54 Å². The SMILES string of the molecule is CCC1C2=NCCCC2C=CC1CCNC(=O)NCc1ccc(C)cc1. The van der Waals surface area contributed by atoms with Crippen molar-refractivity contribution in [3.63, 3.8) is 0 Å². The summed E-state index contributed by atoms with van der Waals surface area (Å²) in [6, 6.07) is 8.14. The molecular weight excluding hydrogens is 322 g/mol. The summed E-state index contributed by atoms with van der Waals surface area (Å²) in [6.07, 6.45) is 9.28. The van der Waals surface area contributed by atoms with E-state index in [1.165, 1.54) is 24.1 Å². The smallest absolute Gasteiger partial charge is 0.315 e. The van der Waals surface area contributed by atoms with Gasteiger partial charge in [-0.25, -0.2) is 4.79 Å². The van der Waals surface area contributed by atoms with Crippen LogP contribution in [0, 0.1) is 24.7 Å². The van der Waals surface area contributed by atoms with E-state index in [9.17, 15) is 4.79 Å². The first-order valence-electron chi connectivity index (χ1n) is 9.97. The van der Waals surface area contributed by atoms with Gasteiger partial charge in [0.2, 0.25) is 0 Å². The number of aryl methyl sites for hydroxylation is 1. The third-order valence-corrected chi connectivity index (χ3v) is 5.61. The molecule has 2 aliphatic rings. The van der Waals surface area contributed by atoms with Crippen LogP contribution in [0.4, 0.5) is 4.79 Å². The maximum atomic E-state index is 12.0. The van der Waals surface area contributed by atoms with E-state index >= 15 is 0 Å². The summed E-state index contributed by atoms with van der Waals surface area (Å²) < 4.78 is 0. The second kappa shape index (κ2) is 9.02. The van der Waals surface area contributed by atoms with Crippen molar-refractivity contribution >= 4 is 11.7 Å². The second-order valence-electron chi connectivity index (χ2n) is 7.50. The van der Waals surface area contributed by atoms with Crippen molar-refractivity contribution in [1.82, 2.24) is 10.6 Å². The quantitative estimate of drug-likeness (QED) is 0.738. The van der Waals surface area contributed by atoms with Crippen LogP contribution in [0.15, 0.2) is 41.4 Å². The Bertz CT molecular complexity index is 662. The Balaban J connectivity index is 1.43. The fourth-order valence-corrected chi connectivity index (χ4v) is 4.11. The van der Waals surface area contributed by atoms with Crippen molar-refractivity contribution in [2.75, 3.05) is 13.1 Å². The van der Waals surface area contributed by atoms with Gasteiger partial charge >= 0.3 is 6.03 Å². The number of nitrogens with zero attached hydrogens (tertiary/aromatic N) is 1. The number of nitrogens with one attached hydrogen (secondary N) is 2. The number of hydrogen-bond acceptors (Lipinski definition) is 2. The lowest BCUT2D eigenvalue weighted by Gasteiger charge is -2.35. The van der Waals surface area contributed by atoms with Gasteiger partial charge in [-0.3, -0.25) is 4.99 Å². The maximum Gasteiger partial charge on any atom is 0.315 e. The van der Waals surface area contributed by atoms with E-state index in [-0.39, 0.29) is 6.03 Å². The van der Waals surface area contributed by atoms with Crippen LogP contribution in [0.2, 0.25) is 0 Å². The number of hydrogen-bond donors (Lipinski definition) is 2. The summed E-state index contributed by atoms with van der Waals surface area (Å²) in [7, 11) is 0. The van der Waals surface area contributed by atoms with Crippen molar-refractivity contribution in [3.8, 4) is 0 Å². The number of carbonyl (C=O) groups is 1. The molecule has 2 amide bonds. The van der Waals surface area contributed by atoms with E-state index in [1.807, 2.05) is 0 Å². The minimum atomic E-state index is -0.0914. The summed E-state index contributed by atoms with van der Waals surface area (Å²) in [5, 5.41) is 5.94.